The molecule has 7 nitrogen and oxygen atoms in total. The van der Waals surface area contributed by atoms with Gasteiger partial charge >= 0.3 is 0 Å². The molecule has 0 saturated heterocycles. The van der Waals surface area contributed by atoms with E-state index < -0.39 is 5.91 Å². The Labute approximate surface area is 160 Å². The standard InChI is InChI=1S/C19H17ClN4O3/c20-14-9-7-13(8-10-14)18(26)23-22-17(25)6-3-11-24-12-21-16-5-2-1-4-15(16)19(24)27/h1-2,4-5,7-10,12H,3,6,11H2,(H,22,25)(H,23,26). The average molecular weight is 385 g/mol. The second-order valence-electron chi connectivity index (χ2n) is 5.87. The van der Waals surface area contributed by atoms with Crippen LogP contribution in [-0.2, 0) is 11.3 Å². The summed E-state index contributed by atoms with van der Waals surface area (Å²) in [6.07, 6.45) is 2.06. The Morgan fingerprint density at radius 3 is 2.56 bits per heavy atom. The number of aryl methyl sites for hydroxylation is 1. The lowest BCUT2D eigenvalue weighted by atomic mass is 10.2. The van der Waals surface area contributed by atoms with E-state index in [4.69, 9.17) is 11.6 Å². The molecule has 2 amide bonds. The first-order valence-corrected chi connectivity index (χ1v) is 8.71. The summed E-state index contributed by atoms with van der Waals surface area (Å²) in [5.41, 5.74) is 5.57. The fourth-order valence-corrected chi connectivity index (χ4v) is 2.66. The van der Waals surface area contributed by atoms with E-state index in [1.807, 2.05) is 6.07 Å². The molecule has 0 spiro atoms. The van der Waals surface area contributed by atoms with Crippen LogP contribution in [0.4, 0.5) is 0 Å². The van der Waals surface area contributed by atoms with Gasteiger partial charge in [0.2, 0.25) is 5.91 Å². The van der Waals surface area contributed by atoms with Crippen LogP contribution in [0.1, 0.15) is 23.2 Å². The summed E-state index contributed by atoms with van der Waals surface area (Å²) >= 11 is 5.76. The Balaban J connectivity index is 1.48. The van der Waals surface area contributed by atoms with Gasteiger partial charge in [-0.3, -0.25) is 29.8 Å². The maximum absolute atomic E-state index is 12.4. The molecule has 3 aromatic rings. The number of carbonyl (C=O) groups is 2. The van der Waals surface area contributed by atoms with Crippen LogP contribution < -0.4 is 16.4 Å². The highest BCUT2D eigenvalue weighted by atomic mass is 35.5. The van der Waals surface area contributed by atoms with Crippen LogP contribution in [0.15, 0.2) is 59.7 Å². The number of nitrogens with one attached hydrogen (secondary N) is 2. The molecule has 27 heavy (non-hydrogen) atoms. The smallest absolute Gasteiger partial charge is 0.269 e. The van der Waals surface area contributed by atoms with Gasteiger partial charge in [-0.15, -0.1) is 0 Å². The summed E-state index contributed by atoms with van der Waals surface area (Å²) < 4.78 is 1.47. The molecule has 0 fully saturated rings. The lowest BCUT2D eigenvalue weighted by Crippen LogP contribution is -2.41. The monoisotopic (exact) mass is 384 g/mol. The minimum Gasteiger partial charge on any atom is -0.299 e. The quantitative estimate of drug-likeness (QED) is 0.660. The number of fused-ring (bicyclic) bond motifs is 1. The minimum atomic E-state index is -0.435. The molecule has 0 radical (unpaired) electrons. The topological polar surface area (TPSA) is 93.1 Å². The number of hydrogen-bond acceptors (Lipinski definition) is 4. The molecule has 0 aliphatic carbocycles. The largest absolute Gasteiger partial charge is 0.299 e. The van der Waals surface area contributed by atoms with Gasteiger partial charge in [0, 0.05) is 23.6 Å². The Morgan fingerprint density at radius 1 is 1.04 bits per heavy atom. The summed E-state index contributed by atoms with van der Waals surface area (Å²) in [6.45, 7) is 0.356. The van der Waals surface area contributed by atoms with Crippen molar-refractivity contribution in [3.8, 4) is 0 Å². The van der Waals surface area contributed by atoms with Gasteiger partial charge in [0.25, 0.3) is 11.5 Å². The van der Waals surface area contributed by atoms with E-state index in [0.717, 1.165) is 0 Å². The number of hydrazine groups is 1. The molecular weight excluding hydrogens is 368 g/mol. The first-order chi connectivity index (χ1) is 13.0. The van der Waals surface area contributed by atoms with Crippen LogP contribution in [0, 0.1) is 0 Å². The molecule has 8 heteroatoms. The second-order valence-corrected chi connectivity index (χ2v) is 6.31. The minimum absolute atomic E-state index is 0.142. The number of aromatic nitrogens is 2. The zero-order valence-electron chi connectivity index (χ0n) is 14.3. The van der Waals surface area contributed by atoms with Crippen LogP contribution >= 0.6 is 11.6 Å². The molecule has 1 aromatic heterocycles. The molecule has 138 valence electrons. The average Bonchev–Trinajstić information content (AvgIpc) is 2.68. The van der Waals surface area contributed by atoms with Gasteiger partial charge in [0.15, 0.2) is 0 Å². The van der Waals surface area contributed by atoms with E-state index in [9.17, 15) is 14.4 Å². The van der Waals surface area contributed by atoms with Crippen LogP contribution in [-0.4, -0.2) is 21.4 Å². The fraction of sp³-hybridized carbons (Fsp3) is 0.158. The number of para-hydroxylation sites is 1. The number of halogens is 1. The number of carbonyl (C=O) groups excluding carboxylic acids is 2. The first kappa shape index (κ1) is 18.6. The highest BCUT2D eigenvalue weighted by Crippen LogP contribution is 2.09. The molecule has 3 rings (SSSR count). The number of hydrogen-bond donors (Lipinski definition) is 2. The van der Waals surface area contributed by atoms with Gasteiger partial charge in [0.05, 0.1) is 17.2 Å². The summed E-state index contributed by atoms with van der Waals surface area (Å²) in [5.74, 6) is -0.783. The van der Waals surface area contributed by atoms with E-state index in [1.165, 1.54) is 10.9 Å². The van der Waals surface area contributed by atoms with Gasteiger partial charge in [-0.25, -0.2) is 4.98 Å². The van der Waals surface area contributed by atoms with Gasteiger partial charge in [-0.1, -0.05) is 23.7 Å². The highest BCUT2D eigenvalue weighted by molar-refractivity contribution is 6.30. The van der Waals surface area contributed by atoms with Crippen molar-refractivity contribution in [3.05, 3.63) is 75.8 Å². The molecule has 0 aliphatic heterocycles. The van der Waals surface area contributed by atoms with Crippen molar-refractivity contribution in [1.29, 1.82) is 0 Å². The molecule has 0 bridgehead atoms. The van der Waals surface area contributed by atoms with Crippen molar-refractivity contribution in [2.75, 3.05) is 0 Å². The van der Waals surface area contributed by atoms with Gasteiger partial charge in [0.1, 0.15) is 0 Å². The maximum Gasteiger partial charge on any atom is 0.269 e. The summed E-state index contributed by atoms with van der Waals surface area (Å²) in [6, 6.07) is 13.4. The predicted molar refractivity (Wildman–Crippen MR) is 102 cm³/mol. The molecule has 0 aliphatic rings. The number of nitrogens with zero attached hydrogens (tertiary/aromatic N) is 2. The Kier molecular flexibility index (Phi) is 5.83. The van der Waals surface area contributed by atoms with Crippen molar-refractivity contribution in [2.24, 2.45) is 0 Å². The van der Waals surface area contributed by atoms with Crippen molar-refractivity contribution < 1.29 is 9.59 Å². The second kappa shape index (κ2) is 8.46. The van der Waals surface area contributed by atoms with Crippen LogP contribution in [0.3, 0.4) is 0 Å². The third-order valence-corrected chi connectivity index (χ3v) is 4.21. The summed E-state index contributed by atoms with van der Waals surface area (Å²) in [4.78, 5) is 40.4. The van der Waals surface area contributed by atoms with Crippen LogP contribution in [0.5, 0.6) is 0 Å². The maximum atomic E-state index is 12.4. The Bertz CT molecular complexity index is 1030. The summed E-state index contributed by atoms with van der Waals surface area (Å²) in [7, 11) is 0. The van der Waals surface area contributed by atoms with E-state index in [-0.39, 0.29) is 17.9 Å². The third kappa shape index (κ3) is 4.71. The normalized spacial score (nSPS) is 10.6. The lowest BCUT2D eigenvalue weighted by Gasteiger charge is -2.09. The number of amides is 2. The zero-order chi connectivity index (χ0) is 19.2. The van der Waals surface area contributed by atoms with Gasteiger partial charge in [-0.05, 0) is 42.8 Å². The molecule has 2 aromatic carbocycles. The molecule has 0 atom stereocenters. The molecule has 0 saturated carbocycles. The Hall–Kier alpha value is -3.19. The SMILES string of the molecule is O=C(CCCn1cnc2ccccc2c1=O)NNC(=O)c1ccc(Cl)cc1. The number of rotatable bonds is 5. The Morgan fingerprint density at radius 2 is 1.78 bits per heavy atom. The van der Waals surface area contributed by atoms with Gasteiger partial charge in [-0.2, -0.15) is 0 Å². The van der Waals surface area contributed by atoms with Crippen molar-refractivity contribution in [3.63, 3.8) is 0 Å². The van der Waals surface area contributed by atoms with Crippen molar-refractivity contribution in [1.82, 2.24) is 20.4 Å². The van der Waals surface area contributed by atoms with Gasteiger partial charge < -0.3 is 0 Å². The number of benzene rings is 2. The van der Waals surface area contributed by atoms with E-state index in [0.29, 0.717) is 34.5 Å². The third-order valence-electron chi connectivity index (χ3n) is 3.96. The first-order valence-electron chi connectivity index (χ1n) is 8.33. The summed E-state index contributed by atoms with van der Waals surface area (Å²) in [5, 5.41) is 1.06. The van der Waals surface area contributed by atoms with Crippen molar-refractivity contribution >= 4 is 34.3 Å². The predicted octanol–water partition coefficient (Wildman–Crippen LogP) is 2.29. The van der Waals surface area contributed by atoms with Crippen LogP contribution in [0.2, 0.25) is 5.02 Å². The highest BCUT2D eigenvalue weighted by Gasteiger charge is 2.08. The van der Waals surface area contributed by atoms with Crippen LogP contribution in [0.25, 0.3) is 10.9 Å². The molecule has 0 unspecified atom stereocenters. The zero-order valence-corrected chi connectivity index (χ0v) is 15.1. The van der Waals surface area contributed by atoms with Crippen molar-refractivity contribution in [2.45, 2.75) is 19.4 Å². The molecule has 1 heterocycles. The molecule has 2 N–H and O–H groups in total. The fourth-order valence-electron chi connectivity index (χ4n) is 2.54. The molecular formula is C19H17ClN4O3. The van der Waals surface area contributed by atoms with E-state index >= 15 is 0 Å². The van der Waals surface area contributed by atoms with E-state index in [2.05, 4.69) is 15.8 Å². The lowest BCUT2D eigenvalue weighted by molar-refractivity contribution is -0.122. The van der Waals surface area contributed by atoms with E-state index in [1.54, 1.807) is 42.5 Å².